The zero-order chi connectivity index (χ0) is 13.7. The van der Waals surface area contributed by atoms with Crippen molar-refractivity contribution >= 4 is 11.8 Å². The molecule has 0 aliphatic rings. The summed E-state index contributed by atoms with van der Waals surface area (Å²) in [4.78, 5) is 7.33. The number of aromatic nitrogens is 4. The largest absolute Gasteiger partial charge is 0.383 e. The highest BCUT2D eigenvalue weighted by Crippen LogP contribution is 2.29. The molecule has 0 radical (unpaired) electrons. The van der Waals surface area contributed by atoms with Crippen LogP contribution in [0.25, 0.3) is 0 Å². The molecule has 104 valence electrons. The summed E-state index contributed by atoms with van der Waals surface area (Å²) in [5, 5.41) is 9.81. The number of methoxy groups -OCH3 is 1. The summed E-state index contributed by atoms with van der Waals surface area (Å²) in [5.41, 5.74) is 2.25. The average Bonchev–Trinajstić information content (AvgIpc) is 2.97. The summed E-state index contributed by atoms with van der Waals surface area (Å²) in [6, 6.07) is 0. The Kier molecular flexibility index (Phi) is 5.00. The van der Waals surface area contributed by atoms with Gasteiger partial charge < -0.3 is 15.0 Å². The van der Waals surface area contributed by atoms with Crippen molar-refractivity contribution in [3.63, 3.8) is 0 Å². The van der Waals surface area contributed by atoms with Crippen molar-refractivity contribution in [2.24, 2.45) is 7.05 Å². The fraction of sp³-hybridized carbons (Fsp3) is 0.500. The molecule has 2 heterocycles. The molecule has 0 spiro atoms. The van der Waals surface area contributed by atoms with Crippen LogP contribution >= 0.6 is 11.8 Å². The van der Waals surface area contributed by atoms with Crippen molar-refractivity contribution in [1.82, 2.24) is 25.1 Å². The van der Waals surface area contributed by atoms with Gasteiger partial charge in [-0.05, 0) is 18.7 Å². The first-order valence-electron chi connectivity index (χ1n) is 6.11. The molecule has 0 amide bonds. The van der Waals surface area contributed by atoms with Gasteiger partial charge in [0.2, 0.25) is 0 Å². The van der Waals surface area contributed by atoms with E-state index in [1.807, 2.05) is 24.9 Å². The quantitative estimate of drug-likeness (QED) is 0.750. The first-order chi connectivity index (χ1) is 9.22. The van der Waals surface area contributed by atoms with Crippen molar-refractivity contribution in [2.45, 2.75) is 23.7 Å². The molecule has 6 nitrogen and oxygen atoms in total. The van der Waals surface area contributed by atoms with E-state index in [0.717, 1.165) is 29.0 Å². The molecule has 0 atom stereocenters. The lowest BCUT2D eigenvalue weighted by atomic mass is 10.2. The van der Waals surface area contributed by atoms with Gasteiger partial charge in [-0.2, -0.15) is 5.10 Å². The monoisotopic (exact) mass is 281 g/mol. The van der Waals surface area contributed by atoms with Crippen LogP contribution in [0.15, 0.2) is 22.6 Å². The van der Waals surface area contributed by atoms with Gasteiger partial charge in [0.25, 0.3) is 0 Å². The molecule has 0 saturated heterocycles. The zero-order valence-electron chi connectivity index (χ0n) is 11.4. The summed E-state index contributed by atoms with van der Waals surface area (Å²) in [6.45, 7) is 4.35. The van der Waals surface area contributed by atoms with Crippen LogP contribution in [-0.2, 0) is 18.3 Å². The predicted molar refractivity (Wildman–Crippen MR) is 74.2 cm³/mol. The van der Waals surface area contributed by atoms with Crippen LogP contribution in [0.5, 0.6) is 0 Å². The second kappa shape index (κ2) is 6.74. The molecule has 2 rings (SSSR count). The average molecular weight is 281 g/mol. The van der Waals surface area contributed by atoms with Gasteiger partial charge >= 0.3 is 0 Å². The topological polar surface area (TPSA) is 67.8 Å². The maximum Gasteiger partial charge on any atom is 0.171 e. The molecule has 0 aromatic carbocycles. The number of aromatic amines is 1. The number of aryl methyl sites for hydroxylation is 2. The standard InChI is InChI=1S/C12H19N5OS/c1-9-10(8-13-6-7-18-3)11(17(2)16-9)19-12-14-4-5-15-12/h4-5,13H,6-8H2,1-3H3,(H,14,15). The fourth-order valence-corrected chi connectivity index (χ4v) is 2.74. The summed E-state index contributed by atoms with van der Waals surface area (Å²) in [7, 11) is 3.66. The molecule has 7 heteroatoms. The second-order valence-corrected chi connectivity index (χ2v) is 5.14. The molecule has 19 heavy (non-hydrogen) atoms. The van der Waals surface area contributed by atoms with E-state index < -0.39 is 0 Å². The Morgan fingerprint density at radius 2 is 2.37 bits per heavy atom. The van der Waals surface area contributed by atoms with Gasteiger partial charge in [-0.15, -0.1) is 0 Å². The summed E-state index contributed by atoms with van der Waals surface area (Å²) >= 11 is 1.59. The normalized spacial score (nSPS) is 11.1. The third-order valence-electron chi connectivity index (χ3n) is 2.74. The van der Waals surface area contributed by atoms with Crippen LogP contribution in [0.1, 0.15) is 11.3 Å². The smallest absolute Gasteiger partial charge is 0.171 e. The number of ether oxygens (including phenoxy) is 1. The summed E-state index contributed by atoms with van der Waals surface area (Å²) in [6.07, 6.45) is 3.57. The predicted octanol–water partition coefficient (Wildman–Crippen LogP) is 1.34. The third kappa shape index (κ3) is 3.59. The number of nitrogens with one attached hydrogen (secondary N) is 2. The highest BCUT2D eigenvalue weighted by Gasteiger charge is 2.15. The van der Waals surface area contributed by atoms with E-state index in [0.29, 0.717) is 6.61 Å². The number of imidazole rings is 1. The Hall–Kier alpha value is -1.31. The van der Waals surface area contributed by atoms with Gasteiger partial charge in [0.05, 0.1) is 12.3 Å². The Morgan fingerprint density at radius 3 is 3.05 bits per heavy atom. The van der Waals surface area contributed by atoms with Gasteiger partial charge in [-0.3, -0.25) is 4.68 Å². The molecule has 2 aromatic rings. The van der Waals surface area contributed by atoms with Crippen LogP contribution < -0.4 is 5.32 Å². The van der Waals surface area contributed by atoms with E-state index in [-0.39, 0.29) is 0 Å². The van der Waals surface area contributed by atoms with E-state index in [9.17, 15) is 0 Å². The summed E-state index contributed by atoms with van der Waals surface area (Å²) in [5.74, 6) is 0. The molecule has 2 N–H and O–H groups in total. The minimum atomic E-state index is 0.708. The number of hydrogen-bond donors (Lipinski definition) is 2. The highest BCUT2D eigenvalue weighted by atomic mass is 32.2. The first kappa shape index (κ1) is 14.1. The minimum Gasteiger partial charge on any atom is -0.383 e. The molecule has 0 aliphatic carbocycles. The van der Waals surface area contributed by atoms with Crippen LogP contribution in [0.4, 0.5) is 0 Å². The Morgan fingerprint density at radius 1 is 1.53 bits per heavy atom. The van der Waals surface area contributed by atoms with Gasteiger partial charge in [0, 0.05) is 45.2 Å². The van der Waals surface area contributed by atoms with Gasteiger partial charge in [0.15, 0.2) is 5.16 Å². The van der Waals surface area contributed by atoms with Crippen LogP contribution in [0, 0.1) is 6.92 Å². The van der Waals surface area contributed by atoms with Crippen molar-refractivity contribution in [1.29, 1.82) is 0 Å². The Bertz CT molecular complexity index is 508. The molecule has 0 unspecified atom stereocenters. The first-order valence-corrected chi connectivity index (χ1v) is 6.93. The van der Waals surface area contributed by atoms with Crippen molar-refractivity contribution in [2.75, 3.05) is 20.3 Å². The van der Waals surface area contributed by atoms with E-state index in [2.05, 4.69) is 20.4 Å². The third-order valence-corrected chi connectivity index (χ3v) is 3.86. The SMILES string of the molecule is COCCNCc1c(C)nn(C)c1Sc1ncc[nH]1. The number of nitrogens with zero attached hydrogens (tertiary/aromatic N) is 3. The van der Waals surface area contributed by atoms with Gasteiger partial charge in [-0.25, -0.2) is 4.98 Å². The maximum atomic E-state index is 5.03. The van der Waals surface area contributed by atoms with Gasteiger partial charge in [0.1, 0.15) is 5.03 Å². The second-order valence-electron chi connectivity index (χ2n) is 4.16. The minimum absolute atomic E-state index is 0.708. The number of H-pyrrole nitrogens is 1. The molecular formula is C12H19N5OS. The molecule has 2 aromatic heterocycles. The molecule has 0 fully saturated rings. The zero-order valence-corrected chi connectivity index (χ0v) is 12.3. The number of hydrogen-bond acceptors (Lipinski definition) is 5. The number of rotatable bonds is 7. The van der Waals surface area contributed by atoms with Crippen LogP contribution in [0.3, 0.4) is 0 Å². The fourth-order valence-electron chi connectivity index (χ4n) is 1.80. The highest BCUT2D eigenvalue weighted by molar-refractivity contribution is 7.99. The van der Waals surface area contributed by atoms with Crippen LogP contribution in [0.2, 0.25) is 0 Å². The molecule has 0 saturated carbocycles. The Labute approximate surface area is 117 Å². The van der Waals surface area contributed by atoms with Crippen LogP contribution in [-0.4, -0.2) is 40.0 Å². The Balaban J connectivity index is 2.08. The van der Waals surface area contributed by atoms with E-state index in [1.54, 1.807) is 25.1 Å². The molecule has 0 aliphatic heterocycles. The maximum absolute atomic E-state index is 5.03. The van der Waals surface area contributed by atoms with Crippen molar-refractivity contribution in [3.05, 3.63) is 23.7 Å². The van der Waals surface area contributed by atoms with Crippen molar-refractivity contribution in [3.8, 4) is 0 Å². The molecule has 0 bridgehead atoms. The van der Waals surface area contributed by atoms with E-state index >= 15 is 0 Å². The molecular weight excluding hydrogens is 262 g/mol. The lowest BCUT2D eigenvalue weighted by Crippen LogP contribution is -2.19. The van der Waals surface area contributed by atoms with Gasteiger partial charge in [-0.1, -0.05) is 0 Å². The van der Waals surface area contributed by atoms with Crippen molar-refractivity contribution < 1.29 is 4.74 Å². The summed E-state index contributed by atoms with van der Waals surface area (Å²) < 4.78 is 6.93. The van der Waals surface area contributed by atoms with E-state index in [4.69, 9.17) is 4.74 Å². The lowest BCUT2D eigenvalue weighted by molar-refractivity contribution is 0.199. The van der Waals surface area contributed by atoms with E-state index in [1.165, 1.54) is 5.56 Å². The lowest BCUT2D eigenvalue weighted by Gasteiger charge is -2.06.